The standard InChI is InChI=1S/C102H67B2F2N5S/c105-73-60-82(72-42-16-5-17-43-72)102(87(106)61-73)111-94-67-98-86(104-84-53-27-33-59-93(84)110(91-57-31-25-51-81(91)71-40-14-4-15-41-71)97-64-77(65-99(112-98)101(97)104)108(75-46-20-7-21-47-75)89-55-29-23-49-79(89)69-36-10-2-11-37-69)66-85(94)103-83-52-26-32-58-92(83)109(90-56-30-24-50-80(90)70-38-12-3-13-39-70)95-62-76(63-96(111)100(95)103)107(74-44-18-6-19-45-74)88-54-28-22-48-78(88)68-34-8-1-9-35-68/h1-67H. The lowest BCUT2D eigenvalue weighted by Gasteiger charge is -2.46. The minimum absolute atomic E-state index is 0.231. The highest BCUT2D eigenvalue weighted by Crippen LogP contribution is 2.55. The van der Waals surface area contributed by atoms with Crippen molar-refractivity contribution in [3.05, 3.63) is 418 Å². The largest absolute Gasteiger partial charge is 0.311 e. The zero-order valence-electron chi connectivity index (χ0n) is 60.7. The van der Waals surface area contributed by atoms with Gasteiger partial charge in [0, 0.05) is 94.9 Å². The molecule has 17 aromatic carbocycles. The van der Waals surface area contributed by atoms with E-state index in [0.29, 0.717) is 11.1 Å². The van der Waals surface area contributed by atoms with Gasteiger partial charge < -0.3 is 24.5 Å². The Morgan fingerprint density at radius 1 is 0.232 bits per heavy atom. The Hall–Kier alpha value is -13.9. The third-order valence-electron chi connectivity index (χ3n) is 22.5. The van der Waals surface area contributed by atoms with Crippen molar-refractivity contribution in [2.45, 2.75) is 9.79 Å². The fourth-order valence-corrected chi connectivity index (χ4v) is 19.1. The lowest BCUT2D eigenvalue weighted by Crippen LogP contribution is -2.64. The molecule has 0 aromatic heterocycles. The monoisotopic (exact) mass is 1450 g/mol. The molecule has 0 radical (unpaired) electrons. The number of hydrogen-bond donors (Lipinski definition) is 0. The quantitative estimate of drug-likeness (QED) is 0.100. The Balaban J connectivity index is 0.880. The van der Waals surface area contributed by atoms with Crippen LogP contribution >= 0.6 is 11.8 Å². The lowest BCUT2D eigenvalue weighted by atomic mass is 9.31. The molecule has 112 heavy (non-hydrogen) atoms. The molecule has 21 rings (SSSR count). The molecular weight excluding hydrogens is 1390 g/mol. The van der Waals surface area contributed by atoms with Crippen LogP contribution in [0.25, 0.3) is 55.6 Å². The minimum atomic E-state index is -0.696. The zero-order chi connectivity index (χ0) is 74.3. The predicted octanol–water partition coefficient (Wildman–Crippen LogP) is 24.1. The first kappa shape index (κ1) is 66.3. The summed E-state index contributed by atoms with van der Waals surface area (Å²) in [4.78, 5) is 14.0. The van der Waals surface area contributed by atoms with Gasteiger partial charge in [0.1, 0.15) is 5.82 Å². The van der Waals surface area contributed by atoms with E-state index < -0.39 is 18.3 Å². The third kappa shape index (κ3) is 11.1. The van der Waals surface area contributed by atoms with Crippen LogP contribution in [0, 0.1) is 11.6 Å². The SMILES string of the molecule is Fc1cc(F)c(N2c3cc4c(cc3B3c5ccccc5N(c5ccccc5-c5ccccc5)c5cc(N(c6ccccc6)c6ccccc6-c6ccccc6)cc2c53)B2c3ccccc3N(c3ccccc3-c3ccccc3)c3cc(N(c5ccccc5)c5ccccc5-c5ccccc5)cc(c32)S4)c(-c2ccccc2)c1. The Morgan fingerprint density at radius 3 is 1.06 bits per heavy atom. The van der Waals surface area contributed by atoms with E-state index in [1.807, 2.05) is 30.3 Å². The number of benzene rings is 17. The minimum Gasteiger partial charge on any atom is -0.311 e. The van der Waals surface area contributed by atoms with Crippen LogP contribution in [0.5, 0.6) is 0 Å². The maximum Gasteiger partial charge on any atom is 0.252 e. The zero-order valence-corrected chi connectivity index (χ0v) is 61.6. The van der Waals surface area contributed by atoms with Crippen LogP contribution in [0.15, 0.2) is 416 Å². The second kappa shape index (κ2) is 27.6. The molecule has 4 aliphatic heterocycles. The summed E-state index contributed by atoms with van der Waals surface area (Å²) in [7, 11) is 0. The van der Waals surface area contributed by atoms with Crippen LogP contribution in [0.4, 0.5) is 94.1 Å². The van der Waals surface area contributed by atoms with Crippen molar-refractivity contribution < 1.29 is 8.78 Å². The van der Waals surface area contributed by atoms with Gasteiger partial charge >= 0.3 is 0 Å². The van der Waals surface area contributed by atoms with E-state index >= 15 is 8.78 Å². The second-order valence-electron chi connectivity index (χ2n) is 28.8. The Kier molecular flexibility index (Phi) is 16.4. The van der Waals surface area contributed by atoms with Crippen LogP contribution in [-0.4, -0.2) is 13.4 Å². The van der Waals surface area contributed by atoms with Gasteiger partial charge in [-0.25, -0.2) is 8.78 Å². The molecule has 17 aromatic rings. The number of fused-ring (bicyclic) bond motifs is 8. The van der Waals surface area contributed by atoms with Gasteiger partial charge in [-0.2, -0.15) is 0 Å². The van der Waals surface area contributed by atoms with Crippen LogP contribution in [0.3, 0.4) is 0 Å². The summed E-state index contributed by atoms with van der Waals surface area (Å²) in [6.45, 7) is -0.752. The van der Waals surface area contributed by atoms with E-state index in [1.54, 1.807) is 11.8 Å². The van der Waals surface area contributed by atoms with Crippen molar-refractivity contribution >= 4 is 143 Å². The summed E-state index contributed by atoms with van der Waals surface area (Å²) in [5.74, 6) is -1.37. The summed E-state index contributed by atoms with van der Waals surface area (Å²) < 4.78 is 36.0. The van der Waals surface area contributed by atoms with E-state index in [2.05, 4.69) is 388 Å². The molecule has 4 aliphatic rings. The normalized spacial score (nSPS) is 12.6. The van der Waals surface area contributed by atoms with Crippen LogP contribution in [0.1, 0.15) is 0 Å². The average Bonchev–Trinajstić information content (AvgIpc) is 0.682. The topological polar surface area (TPSA) is 16.2 Å². The van der Waals surface area contributed by atoms with Gasteiger partial charge in [0.15, 0.2) is 5.82 Å². The van der Waals surface area contributed by atoms with Crippen molar-refractivity contribution in [1.82, 2.24) is 0 Å². The summed E-state index contributed by atoms with van der Waals surface area (Å²) in [6.07, 6.45) is 0. The Labute approximate surface area is 655 Å². The highest BCUT2D eigenvalue weighted by Gasteiger charge is 2.49. The van der Waals surface area contributed by atoms with Gasteiger partial charge in [0.2, 0.25) is 6.71 Å². The molecule has 0 N–H and O–H groups in total. The third-order valence-corrected chi connectivity index (χ3v) is 23.7. The number of rotatable bonds is 14. The molecule has 0 fully saturated rings. The first-order valence-electron chi connectivity index (χ1n) is 38.1. The second-order valence-corrected chi connectivity index (χ2v) is 29.9. The Morgan fingerprint density at radius 2 is 0.589 bits per heavy atom. The van der Waals surface area contributed by atoms with Crippen LogP contribution < -0.4 is 57.3 Å². The molecule has 526 valence electrons. The lowest BCUT2D eigenvalue weighted by molar-refractivity contribution is 0.585. The summed E-state index contributed by atoms with van der Waals surface area (Å²) in [6, 6.07) is 143. The van der Waals surface area contributed by atoms with E-state index in [-0.39, 0.29) is 12.4 Å². The van der Waals surface area contributed by atoms with E-state index in [0.717, 1.165) is 167 Å². The molecule has 4 heterocycles. The first-order chi connectivity index (χ1) is 55.5. The highest BCUT2D eigenvalue weighted by molar-refractivity contribution is 8.00. The van der Waals surface area contributed by atoms with Crippen molar-refractivity contribution in [3.63, 3.8) is 0 Å². The maximum absolute atomic E-state index is 19.1. The average molecular weight is 1450 g/mol. The van der Waals surface area contributed by atoms with Gasteiger partial charge in [-0.15, -0.1) is 0 Å². The molecule has 0 unspecified atom stereocenters. The van der Waals surface area contributed by atoms with Gasteiger partial charge in [0.05, 0.1) is 34.1 Å². The molecular formula is C102H67B2F2N5S. The molecule has 0 saturated carbocycles. The maximum atomic E-state index is 19.1. The number of anilines is 15. The number of halogens is 2. The summed E-state index contributed by atoms with van der Waals surface area (Å²) in [5, 5.41) is 0. The molecule has 0 spiro atoms. The molecule has 0 saturated heterocycles. The van der Waals surface area contributed by atoms with Crippen molar-refractivity contribution in [3.8, 4) is 55.6 Å². The van der Waals surface area contributed by atoms with E-state index in [9.17, 15) is 0 Å². The summed E-state index contributed by atoms with van der Waals surface area (Å²) >= 11 is 1.76. The summed E-state index contributed by atoms with van der Waals surface area (Å²) in [5.41, 5.74) is 29.8. The first-order valence-corrected chi connectivity index (χ1v) is 38.9. The van der Waals surface area contributed by atoms with Crippen molar-refractivity contribution in [2.75, 3.05) is 24.5 Å². The molecule has 0 amide bonds. The number of para-hydroxylation sites is 8. The smallest absolute Gasteiger partial charge is 0.252 e. The number of nitrogens with zero attached hydrogens (tertiary/aromatic N) is 5. The Bertz CT molecular complexity index is 6500. The molecule has 0 bridgehead atoms. The van der Waals surface area contributed by atoms with Gasteiger partial charge in [-0.3, -0.25) is 0 Å². The molecule has 5 nitrogen and oxygen atoms in total. The fraction of sp³-hybridized carbons (Fsp3) is 0. The molecule has 0 atom stereocenters. The molecule has 0 aliphatic carbocycles. The van der Waals surface area contributed by atoms with E-state index in [1.165, 1.54) is 11.5 Å². The highest BCUT2D eigenvalue weighted by atomic mass is 32.2. The van der Waals surface area contributed by atoms with Gasteiger partial charge in [0.25, 0.3) is 6.71 Å². The fourth-order valence-electron chi connectivity index (χ4n) is 17.9. The number of hydrogen-bond acceptors (Lipinski definition) is 6. The van der Waals surface area contributed by atoms with Gasteiger partial charge in [-0.05, 0) is 152 Å². The van der Waals surface area contributed by atoms with E-state index in [4.69, 9.17) is 0 Å². The van der Waals surface area contributed by atoms with Gasteiger partial charge in [-0.1, -0.05) is 321 Å². The van der Waals surface area contributed by atoms with Crippen molar-refractivity contribution in [1.29, 1.82) is 0 Å². The molecule has 10 heteroatoms. The predicted molar refractivity (Wildman–Crippen MR) is 467 cm³/mol. The van der Waals surface area contributed by atoms with Crippen LogP contribution in [0.2, 0.25) is 0 Å². The van der Waals surface area contributed by atoms with Crippen molar-refractivity contribution in [2.24, 2.45) is 0 Å². The van der Waals surface area contributed by atoms with Crippen LogP contribution in [-0.2, 0) is 0 Å².